The first-order chi connectivity index (χ1) is 9.29. The summed E-state index contributed by atoms with van der Waals surface area (Å²) in [5, 5.41) is 14.1. The maximum Gasteiger partial charge on any atom is 0.320 e. The van der Waals surface area contributed by atoms with Gasteiger partial charge in [-0.25, -0.2) is 0 Å². The van der Waals surface area contributed by atoms with Gasteiger partial charge in [0.1, 0.15) is 0 Å². The van der Waals surface area contributed by atoms with Crippen molar-refractivity contribution in [3.63, 3.8) is 0 Å². The minimum atomic E-state index is 0.371. The molecule has 102 valence electrons. The van der Waals surface area contributed by atoms with Gasteiger partial charge in [0.25, 0.3) is 0 Å². The van der Waals surface area contributed by atoms with Gasteiger partial charge in [0.2, 0.25) is 5.89 Å². The van der Waals surface area contributed by atoms with Crippen LogP contribution < -0.4 is 10.6 Å². The molecule has 0 spiro atoms. The van der Waals surface area contributed by atoms with Crippen molar-refractivity contribution in [1.29, 1.82) is 0 Å². The zero-order chi connectivity index (χ0) is 13.5. The second kappa shape index (κ2) is 7.22. The molecule has 0 bridgehead atoms. The highest BCUT2D eigenvalue weighted by molar-refractivity contribution is 9.10. The lowest BCUT2D eigenvalue weighted by Gasteiger charge is -2.03. The zero-order valence-corrected chi connectivity index (χ0v) is 12.1. The van der Waals surface area contributed by atoms with Gasteiger partial charge in [0, 0.05) is 18.1 Å². The van der Waals surface area contributed by atoms with Gasteiger partial charge in [0.15, 0.2) is 0 Å². The smallest absolute Gasteiger partial charge is 0.320 e. The van der Waals surface area contributed by atoms with Gasteiger partial charge < -0.3 is 19.8 Å². The van der Waals surface area contributed by atoms with Crippen LogP contribution in [0.1, 0.15) is 5.89 Å². The van der Waals surface area contributed by atoms with Crippen molar-refractivity contribution >= 4 is 27.6 Å². The minimum Gasteiger partial charge on any atom is -0.406 e. The molecule has 6 nitrogen and oxygen atoms in total. The van der Waals surface area contributed by atoms with E-state index in [9.17, 15) is 0 Å². The normalized spacial score (nSPS) is 10.6. The summed E-state index contributed by atoms with van der Waals surface area (Å²) in [6.45, 7) is 1.91. The molecule has 2 rings (SSSR count). The number of methoxy groups -OCH3 is 1. The lowest BCUT2D eigenvalue weighted by atomic mass is 10.3. The van der Waals surface area contributed by atoms with Crippen LogP contribution in [0.3, 0.4) is 0 Å². The molecule has 7 heteroatoms. The number of anilines is 2. The van der Waals surface area contributed by atoms with E-state index in [-0.39, 0.29) is 0 Å². The number of halogens is 1. The standard InChI is InChI=1S/C12H15BrN4O2/c1-18-7-6-14-8-11-16-17-12(19-11)15-10-5-3-2-4-9(10)13/h2-5,14H,6-8H2,1H3,(H,15,17). The van der Waals surface area contributed by atoms with Crippen LogP contribution in [0.25, 0.3) is 0 Å². The summed E-state index contributed by atoms with van der Waals surface area (Å²) < 4.78 is 11.3. The van der Waals surface area contributed by atoms with E-state index in [1.165, 1.54) is 0 Å². The van der Waals surface area contributed by atoms with Crippen LogP contribution >= 0.6 is 15.9 Å². The van der Waals surface area contributed by atoms with Gasteiger partial charge in [0.05, 0.1) is 18.8 Å². The molecule has 19 heavy (non-hydrogen) atoms. The van der Waals surface area contributed by atoms with Crippen molar-refractivity contribution in [2.75, 3.05) is 25.6 Å². The van der Waals surface area contributed by atoms with Gasteiger partial charge in [-0.3, -0.25) is 0 Å². The predicted molar refractivity (Wildman–Crippen MR) is 75.3 cm³/mol. The van der Waals surface area contributed by atoms with E-state index in [1.807, 2.05) is 24.3 Å². The zero-order valence-electron chi connectivity index (χ0n) is 10.5. The Morgan fingerprint density at radius 1 is 1.32 bits per heavy atom. The van der Waals surface area contributed by atoms with Gasteiger partial charge in [-0.1, -0.05) is 17.2 Å². The molecule has 1 aromatic carbocycles. The van der Waals surface area contributed by atoms with E-state index in [4.69, 9.17) is 9.15 Å². The number of hydrogen-bond donors (Lipinski definition) is 2. The van der Waals surface area contributed by atoms with Gasteiger partial charge >= 0.3 is 6.01 Å². The van der Waals surface area contributed by atoms with Gasteiger partial charge in [-0.15, -0.1) is 5.10 Å². The van der Waals surface area contributed by atoms with Crippen molar-refractivity contribution in [1.82, 2.24) is 15.5 Å². The van der Waals surface area contributed by atoms with Crippen molar-refractivity contribution in [3.05, 3.63) is 34.6 Å². The number of para-hydroxylation sites is 1. The van der Waals surface area contributed by atoms with E-state index in [0.29, 0.717) is 25.1 Å². The van der Waals surface area contributed by atoms with Crippen molar-refractivity contribution in [2.24, 2.45) is 0 Å². The van der Waals surface area contributed by atoms with Crippen LogP contribution in [-0.2, 0) is 11.3 Å². The molecule has 0 amide bonds. The fourth-order valence-corrected chi connectivity index (χ4v) is 1.81. The number of nitrogens with zero attached hydrogens (tertiary/aromatic N) is 2. The quantitative estimate of drug-likeness (QED) is 0.761. The van der Waals surface area contributed by atoms with Crippen molar-refractivity contribution in [3.8, 4) is 0 Å². The molecule has 0 saturated heterocycles. The van der Waals surface area contributed by atoms with Gasteiger partial charge in [-0.05, 0) is 28.1 Å². The maximum atomic E-state index is 5.47. The first-order valence-electron chi connectivity index (χ1n) is 5.83. The Hall–Kier alpha value is -1.44. The second-order valence-electron chi connectivity index (χ2n) is 3.78. The summed E-state index contributed by atoms with van der Waals surface area (Å²) in [7, 11) is 1.66. The number of ether oxygens (including phenoxy) is 1. The lowest BCUT2D eigenvalue weighted by molar-refractivity contribution is 0.198. The summed E-state index contributed by atoms with van der Waals surface area (Å²) in [5.41, 5.74) is 0.880. The second-order valence-corrected chi connectivity index (χ2v) is 4.63. The van der Waals surface area contributed by atoms with Crippen molar-refractivity contribution < 1.29 is 9.15 Å². The molecule has 0 aliphatic heterocycles. The Kier molecular flexibility index (Phi) is 5.31. The number of benzene rings is 1. The molecule has 0 saturated carbocycles. The SMILES string of the molecule is COCCNCc1nnc(Nc2ccccc2Br)o1. The van der Waals surface area contributed by atoms with Crippen LogP contribution in [0, 0.1) is 0 Å². The van der Waals surface area contributed by atoms with E-state index in [0.717, 1.165) is 16.7 Å². The molecule has 2 N–H and O–H groups in total. The molecule has 0 aliphatic carbocycles. The summed E-state index contributed by atoms with van der Waals surface area (Å²) in [6.07, 6.45) is 0. The monoisotopic (exact) mass is 326 g/mol. The largest absolute Gasteiger partial charge is 0.406 e. The average molecular weight is 327 g/mol. The minimum absolute atomic E-state index is 0.371. The van der Waals surface area contributed by atoms with E-state index < -0.39 is 0 Å². The molecule has 0 atom stereocenters. The van der Waals surface area contributed by atoms with Gasteiger partial charge in [-0.2, -0.15) is 0 Å². The third-order valence-corrected chi connectivity index (χ3v) is 3.03. The number of hydrogen-bond acceptors (Lipinski definition) is 6. The fraction of sp³-hybridized carbons (Fsp3) is 0.333. The molecule has 0 fully saturated rings. The molecule has 0 unspecified atom stereocenters. The van der Waals surface area contributed by atoms with Crippen LogP contribution in [0.4, 0.5) is 11.7 Å². The van der Waals surface area contributed by atoms with E-state index in [2.05, 4.69) is 36.8 Å². The third kappa shape index (κ3) is 4.30. The van der Waals surface area contributed by atoms with Crippen LogP contribution in [0.15, 0.2) is 33.2 Å². The molecule has 2 aromatic rings. The Morgan fingerprint density at radius 3 is 2.95 bits per heavy atom. The van der Waals surface area contributed by atoms with Crippen molar-refractivity contribution in [2.45, 2.75) is 6.54 Å². The highest BCUT2D eigenvalue weighted by atomic mass is 79.9. The molecule has 0 aliphatic rings. The Balaban J connectivity index is 1.89. The third-order valence-electron chi connectivity index (χ3n) is 2.34. The number of nitrogens with one attached hydrogen (secondary N) is 2. The van der Waals surface area contributed by atoms with E-state index in [1.54, 1.807) is 7.11 Å². The fourth-order valence-electron chi connectivity index (χ4n) is 1.42. The van der Waals surface area contributed by atoms with E-state index >= 15 is 0 Å². The first-order valence-corrected chi connectivity index (χ1v) is 6.62. The summed E-state index contributed by atoms with van der Waals surface area (Å²) in [6, 6.07) is 8.09. The van der Waals surface area contributed by atoms with Crippen LogP contribution in [0.2, 0.25) is 0 Å². The summed E-state index contributed by atoms with van der Waals surface area (Å²) in [4.78, 5) is 0. The number of aromatic nitrogens is 2. The first kappa shape index (κ1) is 14.0. The average Bonchev–Trinajstić information content (AvgIpc) is 2.85. The molecular weight excluding hydrogens is 312 g/mol. The summed E-state index contributed by atoms with van der Waals surface area (Å²) >= 11 is 3.44. The highest BCUT2D eigenvalue weighted by Gasteiger charge is 2.07. The Morgan fingerprint density at radius 2 is 2.16 bits per heavy atom. The summed E-state index contributed by atoms with van der Waals surface area (Å²) in [5.74, 6) is 0.533. The molecule has 1 aromatic heterocycles. The van der Waals surface area contributed by atoms with Crippen LogP contribution in [-0.4, -0.2) is 30.5 Å². The van der Waals surface area contributed by atoms with Crippen LogP contribution in [0.5, 0.6) is 0 Å². The Labute approximate surface area is 119 Å². The topological polar surface area (TPSA) is 72.2 Å². The molecular formula is C12H15BrN4O2. The Bertz CT molecular complexity index is 518. The highest BCUT2D eigenvalue weighted by Crippen LogP contribution is 2.24. The maximum absolute atomic E-state index is 5.47. The molecule has 1 heterocycles. The lowest BCUT2D eigenvalue weighted by Crippen LogP contribution is -2.18. The predicted octanol–water partition coefficient (Wildman–Crippen LogP) is 2.31. The number of rotatable bonds is 7. The molecule has 0 radical (unpaired) electrons.